The Labute approximate surface area is 155 Å². The van der Waals surface area contributed by atoms with Gasteiger partial charge in [0.15, 0.2) is 5.75 Å². The maximum absolute atomic E-state index is 11.9. The fraction of sp³-hybridized carbons (Fsp3) is 0.500. The van der Waals surface area contributed by atoms with Gasteiger partial charge in [-0.15, -0.1) is 0 Å². The molecular formula is C12H15I3O3S. The van der Waals surface area contributed by atoms with Crippen molar-refractivity contribution < 1.29 is 12.6 Å². The molecule has 0 saturated heterocycles. The Balaban J connectivity index is 2.73. The van der Waals surface area contributed by atoms with E-state index in [0.717, 1.165) is 30.0 Å². The van der Waals surface area contributed by atoms with E-state index in [9.17, 15) is 8.42 Å². The van der Waals surface area contributed by atoms with Crippen molar-refractivity contribution in [3.63, 3.8) is 0 Å². The van der Waals surface area contributed by atoms with Crippen LogP contribution >= 0.6 is 67.8 Å². The molecule has 0 N–H and O–H groups in total. The largest absolute Gasteiger partial charge is 0.380 e. The molecule has 0 bridgehead atoms. The molecule has 0 unspecified atom stereocenters. The molecule has 19 heavy (non-hydrogen) atoms. The van der Waals surface area contributed by atoms with Crippen molar-refractivity contribution >= 4 is 77.9 Å². The van der Waals surface area contributed by atoms with Gasteiger partial charge in [0.05, 0.1) is 12.9 Å². The average Bonchev–Trinajstić information content (AvgIpc) is 2.29. The molecule has 0 radical (unpaired) electrons. The summed E-state index contributed by atoms with van der Waals surface area (Å²) in [6, 6.07) is 3.82. The second-order valence-corrected chi connectivity index (χ2v) is 9.36. The van der Waals surface area contributed by atoms with Gasteiger partial charge in [-0.05, 0) is 86.3 Å². The van der Waals surface area contributed by atoms with Crippen LogP contribution in [-0.4, -0.2) is 14.2 Å². The van der Waals surface area contributed by atoms with E-state index in [1.54, 1.807) is 0 Å². The molecule has 0 fully saturated rings. The third kappa shape index (κ3) is 6.64. The highest BCUT2D eigenvalue weighted by atomic mass is 127. The monoisotopic (exact) mass is 620 g/mol. The van der Waals surface area contributed by atoms with Crippen LogP contribution in [0.25, 0.3) is 0 Å². The number of benzene rings is 1. The highest BCUT2D eigenvalue weighted by Crippen LogP contribution is 2.30. The molecule has 7 heteroatoms. The molecule has 0 aliphatic carbocycles. The quantitative estimate of drug-likeness (QED) is 0.251. The molecule has 1 aromatic rings. The van der Waals surface area contributed by atoms with Crippen LogP contribution in [0, 0.1) is 10.7 Å². The van der Waals surface area contributed by atoms with Crippen molar-refractivity contribution in [1.29, 1.82) is 0 Å². The second-order valence-electron chi connectivity index (χ2n) is 4.10. The molecule has 1 aromatic carbocycles. The van der Waals surface area contributed by atoms with E-state index in [1.165, 1.54) is 0 Å². The molecule has 0 spiro atoms. The predicted molar refractivity (Wildman–Crippen MR) is 103 cm³/mol. The van der Waals surface area contributed by atoms with Crippen LogP contribution in [0.2, 0.25) is 0 Å². The van der Waals surface area contributed by atoms with Crippen molar-refractivity contribution in [1.82, 2.24) is 0 Å². The highest BCUT2D eigenvalue weighted by Gasteiger charge is 2.17. The topological polar surface area (TPSA) is 43.4 Å². The lowest BCUT2D eigenvalue weighted by molar-refractivity contribution is 0.479. The Kier molecular flexibility index (Phi) is 8.21. The van der Waals surface area contributed by atoms with Crippen molar-refractivity contribution in [2.75, 3.05) is 5.75 Å². The van der Waals surface area contributed by atoms with Gasteiger partial charge in [-0.1, -0.05) is 26.2 Å². The van der Waals surface area contributed by atoms with Crippen LogP contribution in [-0.2, 0) is 10.1 Å². The van der Waals surface area contributed by atoms with Gasteiger partial charge in [0.1, 0.15) is 0 Å². The summed E-state index contributed by atoms with van der Waals surface area (Å²) in [7, 11) is -3.48. The minimum Gasteiger partial charge on any atom is -0.380 e. The number of rotatable bonds is 7. The van der Waals surface area contributed by atoms with Gasteiger partial charge in [-0.3, -0.25) is 0 Å². The summed E-state index contributed by atoms with van der Waals surface area (Å²) in [5, 5.41) is 0. The van der Waals surface area contributed by atoms with Crippen LogP contribution in [0.5, 0.6) is 5.75 Å². The van der Waals surface area contributed by atoms with Crippen LogP contribution in [0.3, 0.4) is 0 Å². The summed E-state index contributed by atoms with van der Waals surface area (Å²) < 4.78 is 31.8. The first kappa shape index (κ1) is 18.2. The molecule has 0 aliphatic rings. The zero-order valence-corrected chi connectivity index (χ0v) is 17.7. The van der Waals surface area contributed by atoms with Gasteiger partial charge in [0, 0.05) is 3.57 Å². The summed E-state index contributed by atoms with van der Waals surface area (Å²) in [4.78, 5) is 0. The Bertz CT molecular complexity index is 506. The molecular weight excluding hydrogens is 605 g/mol. The number of hydrogen-bond donors (Lipinski definition) is 0. The van der Waals surface area contributed by atoms with Crippen LogP contribution < -0.4 is 4.18 Å². The predicted octanol–water partition coefficient (Wildman–Crippen LogP) is 4.79. The fourth-order valence-corrected chi connectivity index (χ4v) is 6.66. The minimum atomic E-state index is -3.48. The third-order valence-electron chi connectivity index (χ3n) is 2.42. The molecule has 0 amide bonds. The summed E-state index contributed by atoms with van der Waals surface area (Å²) >= 11 is 6.41. The first-order chi connectivity index (χ1) is 8.85. The summed E-state index contributed by atoms with van der Waals surface area (Å²) in [6.45, 7) is 2.10. The molecule has 0 aliphatic heterocycles. The van der Waals surface area contributed by atoms with E-state index < -0.39 is 10.1 Å². The van der Waals surface area contributed by atoms with Gasteiger partial charge in [-0.25, -0.2) is 0 Å². The minimum absolute atomic E-state index is 0.0884. The third-order valence-corrected chi connectivity index (χ3v) is 5.86. The van der Waals surface area contributed by atoms with Gasteiger partial charge in [-0.2, -0.15) is 8.42 Å². The van der Waals surface area contributed by atoms with E-state index >= 15 is 0 Å². The van der Waals surface area contributed by atoms with Crippen LogP contribution in [0.1, 0.15) is 32.6 Å². The van der Waals surface area contributed by atoms with Crippen LogP contribution in [0.15, 0.2) is 12.1 Å². The van der Waals surface area contributed by atoms with Crippen molar-refractivity contribution in [2.24, 2.45) is 0 Å². The fourth-order valence-electron chi connectivity index (χ4n) is 1.48. The summed E-state index contributed by atoms with van der Waals surface area (Å²) in [6.07, 6.45) is 3.75. The Morgan fingerprint density at radius 2 is 1.63 bits per heavy atom. The van der Waals surface area contributed by atoms with Crippen LogP contribution in [0.4, 0.5) is 0 Å². The number of halogens is 3. The van der Waals surface area contributed by atoms with Gasteiger partial charge in [0.25, 0.3) is 0 Å². The van der Waals surface area contributed by atoms with Crippen molar-refractivity contribution in [2.45, 2.75) is 32.6 Å². The maximum atomic E-state index is 11.9. The Morgan fingerprint density at radius 3 is 2.16 bits per heavy atom. The zero-order chi connectivity index (χ0) is 14.5. The molecule has 0 aromatic heterocycles. The van der Waals surface area contributed by atoms with E-state index in [-0.39, 0.29) is 5.75 Å². The molecule has 108 valence electrons. The SMILES string of the molecule is CCCCCCS(=O)(=O)Oc1c(I)cc(I)cc1I. The lowest BCUT2D eigenvalue weighted by Gasteiger charge is -2.11. The molecule has 0 heterocycles. The smallest absolute Gasteiger partial charge is 0.309 e. The van der Waals surface area contributed by atoms with Gasteiger partial charge < -0.3 is 4.18 Å². The standard InChI is InChI=1S/C12H15I3O3S/c1-2-3-4-5-6-19(16,17)18-12-10(14)7-9(13)8-11(12)15/h7-8H,2-6H2,1H3. The summed E-state index contributed by atoms with van der Waals surface area (Å²) in [5.41, 5.74) is 0. The lowest BCUT2D eigenvalue weighted by Crippen LogP contribution is -2.15. The van der Waals surface area contributed by atoms with Gasteiger partial charge in [0.2, 0.25) is 0 Å². The maximum Gasteiger partial charge on any atom is 0.309 e. The van der Waals surface area contributed by atoms with E-state index in [2.05, 4.69) is 74.7 Å². The van der Waals surface area contributed by atoms with Crippen molar-refractivity contribution in [3.05, 3.63) is 22.8 Å². The first-order valence-corrected chi connectivity index (χ1v) is 10.7. The van der Waals surface area contributed by atoms with Gasteiger partial charge >= 0.3 is 10.1 Å². The first-order valence-electron chi connectivity index (χ1n) is 5.92. The van der Waals surface area contributed by atoms with E-state index in [1.807, 2.05) is 12.1 Å². The Hall–Kier alpha value is 1.16. The number of unbranched alkanes of at least 4 members (excludes halogenated alkanes) is 3. The zero-order valence-electron chi connectivity index (χ0n) is 10.5. The van der Waals surface area contributed by atoms with E-state index in [0.29, 0.717) is 12.2 Å². The van der Waals surface area contributed by atoms with E-state index in [4.69, 9.17) is 4.18 Å². The number of hydrogen-bond acceptors (Lipinski definition) is 3. The second kappa shape index (κ2) is 8.57. The molecule has 0 saturated carbocycles. The molecule has 3 nitrogen and oxygen atoms in total. The normalized spacial score (nSPS) is 11.6. The van der Waals surface area contributed by atoms with Crippen molar-refractivity contribution in [3.8, 4) is 5.75 Å². The summed E-state index contributed by atoms with van der Waals surface area (Å²) in [5.74, 6) is 0.544. The molecule has 1 rings (SSSR count). The average molecular weight is 620 g/mol. The highest BCUT2D eigenvalue weighted by molar-refractivity contribution is 14.1. The Morgan fingerprint density at radius 1 is 1.05 bits per heavy atom. The molecule has 0 atom stereocenters. The lowest BCUT2D eigenvalue weighted by atomic mass is 10.2.